The number of benzene rings is 2. The Labute approximate surface area is 109 Å². The molecule has 0 radical (unpaired) electrons. The molecule has 3 nitrogen and oxygen atoms in total. The van der Waals surface area contributed by atoms with Gasteiger partial charge in [0.05, 0.1) is 11.3 Å². The summed E-state index contributed by atoms with van der Waals surface area (Å²) in [5.41, 5.74) is 4.23. The third-order valence-electron chi connectivity index (χ3n) is 3.36. The molecule has 0 unspecified atom stereocenters. The van der Waals surface area contributed by atoms with Crippen molar-refractivity contribution in [2.45, 2.75) is 0 Å². The maximum atomic E-state index is 11.8. The average Bonchev–Trinajstić information content (AvgIpc) is 3.01. The number of carbonyl (C=O) groups is 1. The molecule has 0 fully saturated rings. The van der Waals surface area contributed by atoms with Gasteiger partial charge >= 0.3 is 5.97 Å². The highest BCUT2D eigenvalue weighted by Crippen LogP contribution is 2.40. The van der Waals surface area contributed by atoms with Gasteiger partial charge in [0, 0.05) is 22.9 Å². The van der Waals surface area contributed by atoms with Crippen LogP contribution in [0.3, 0.4) is 0 Å². The molecule has 19 heavy (non-hydrogen) atoms. The zero-order valence-electron chi connectivity index (χ0n) is 9.96. The molecule has 3 heteroatoms. The van der Waals surface area contributed by atoms with Crippen LogP contribution in [0.15, 0.2) is 53.5 Å². The molecule has 90 valence electrons. The van der Waals surface area contributed by atoms with E-state index in [0.29, 0.717) is 11.3 Å². The highest BCUT2D eigenvalue weighted by molar-refractivity contribution is 6.26. The molecular weight excluding hydrogens is 238 g/mol. The molecule has 0 amide bonds. The van der Waals surface area contributed by atoms with Crippen LogP contribution in [0.25, 0.3) is 11.3 Å². The van der Waals surface area contributed by atoms with E-state index in [9.17, 15) is 4.79 Å². The number of rotatable bonds is 0. The summed E-state index contributed by atoms with van der Waals surface area (Å²) < 4.78 is 5.42. The number of hydrogen-bond acceptors (Lipinski definition) is 3. The fraction of sp³-hybridized carbons (Fsp3) is 0. The van der Waals surface area contributed by atoms with Crippen molar-refractivity contribution in [3.63, 3.8) is 0 Å². The Morgan fingerprint density at radius 2 is 1.53 bits per heavy atom. The molecule has 2 aliphatic heterocycles. The zero-order chi connectivity index (χ0) is 12.8. The largest absolute Gasteiger partial charge is 0.422 e. The molecule has 0 N–H and O–H groups in total. The first-order valence-corrected chi connectivity index (χ1v) is 6.04. The maximum absolute atomic E-state index is 11.8. The van der Waals surface area contributed by atoms with Gasteiger partial charge in [0.25, 0.3) is 0 Å². The van der Waals surface area contributed by atoms with Crippen molar-refractivity contribution in [2.24, 2.45) is 4.99 Å². The predicted molar refractivity (Wildman–Crippen MR) is 73.3 cm³/mol. The molecule has 0 bridgehead atoms. The van der Waals surface area contributed by atoms with Gasteiger partial charge in [-0.25, -0.2) is 4.79 Å². The number of fused-ring (bicyclic) bond motifs is 2. The van der Waals surface area contributed by atoms with Crippen LogP contribution >= 0.6 is 0 Å². The fourth-order valence-corrected chi connectivity index (χ4v) is 2.46. The number of ether oxygens (including phenoxy) is 1. The molecule has 0 aliphatic carbocycles. The SMILES string of the molecule is O=C1OC(=C2C=Nc3ccccc32)c2ccccc21. The highest BCUT2D eigenvalue weighted by atomic mass is 16.5. The predicted octanol–water partition coefficient (Wildman–Crippen LogP) is 3.44. The van der Waals surface area contributed by atoms with Crippen molar-refractivity contribution in [2.75, 3.05) is 0 Å². The molecule has 4 rings (SSSR count). The van der Waals surface area contributed by atoms with E-state index in [2.05, 4.69) is 4.99 Å². The molecule has 2 aromatic carbocycles. The second-order valence-corrected chi connectivity index (χ2v) is 4.45. The lowest BCUT2D eigenvalue weighted by atomic mass is 10.0. The molecule has 0 saturated heterocycles. The lowest BCUT2D eigenvalue weighted by molar-refractivity contribution is 0.0717. The summed E-state index contributed by atoms with van der Waals surface area (Å²) in [5, 5.41) is 0. The Kier molecular flexibility index (Phi) is 1.97. The Bertz CT molecular complexity index is 772. The van der Waals surface area contributed by atoms with Crippen LogP contribution in [0.5, 0.6) is 0 Å². The van der Waals surface area contributed by atoms with Crippen LogP contribution in [-0.2, 0) is 4.74 Å². The van der Waals surface area contributed by atoms with Gasteiger partial charge in [0.15, 0.2) is 0 Å². The quantitative estimate of drug-likeness (QED) is 0.669. The summed E-state index contributed by atoms with van der Waals surface area (Å²) >= 11 is 0. The van der Waals surface area contributed by atoms with E-state index in [1.807, 2.05) is 42.5 Å². The lowest BCUT2D eigenvalue weighted by Crippen LogP contribution is -1.93. The number of nitrogens with zero attached hydrogens (tertiary/aromatic N) is 1. The van der Waals surface area contributed by atoms with E-state index in [0.717, 1.165) is 22.4 Å². The summed E-state index contributed by atoms with van der Waals surface area (Å²) in [6, 6.07) is 15.3. The van der Waals surface area contributed by atoms with Crippen molar-refractivity contribution < 1.29 is 9.53 Å². The summed E-state index contributed by atoms with van der Waals surface area (Å²) in [5.74, 6) is 0.310. The molecule has 0 saturated carbocycles. The van der Waals surface area contributed by atoms with Gasteiger partial charge < -0.3 is 4.74 Å². The standard InChI is InChI=1S/C16H9NO2/c18-16-12-7-2-1-6-11(12)15(19-16)13-9-17-14-8-4-3-5-10(13)14/h1-9H. The van der Waals surface area contributed by atoms with E-state index in [4.69, 9.17) is 4.74 Å². The summed E-state index contributed by atoms with van der Waals surface area (Å²) in [6.45, 7) is 0. The topological polar surface area (TPSA) is 38.7 Å². The first kappa shape index (κ1) is 10.3. The van der Waals surface area contributed by atoms with Gasteiger partial charge in [-0.05, 0) is 12.1 Å². The van der Waals surface area contributed by atoms with E-state index in [-0.39, 0.29) is 5.97 Å². The summed E-state index contributed by atoms with van der Waals surface area (Å²) in [4.78, 5) is 16.2. The molecular formula is C16H9NO2. The zero-order valence-corrected chi connectivity index (χ0v) is 9.96. The van der Waals surface area contributed by atoms with E-state index < -0.39 is 0 Å². The van der Waals surface area contributed by atoms with Crippen LogP contribution in [-0.4, -0.2) is 12.2 Å². The van der Waals surface area contributed by atoms with Gasteiger partial charge in [0.2, 0.25) is 0 Å². The second-order valence-electron chi connectivity index (χ2n) is 4.45. The van der Waals surface area contributed by atoms with Gasteiger partial charge in [0.1, 0.15) is 5.76 Å². The smallest absolute Gasteiger partial charge is 0.344 e. The van der Waals surface area contributed by atoms with Crippen molar-refractivity contribution in [3.8, 4) is 0 Å². The van der Waals surface area contributed by atoms with Gasteiger partial charge in [-0.2, -0.15) is 0 Å². The van der Waals surface area contributed by atoms with Crippen LogP contribution in [0.4, 0.5) is 5.69 Å². The summed E-state index contributed by atoms with van der Waals surface area (Å²) in [7, 11) is 0. The first-order chi connectivity index (χ1) is 9.34. The normalized spacial score (nSPS) is 19.3. The van der Waals surface area contributed by atoms with Crippen LogP contribution in [0.2, 0.25) is 0 Å². The molecule has 2 heterocycles. The third-order valence-corrected chi connectivity index (χ3v) is 3.36. The number of allylic oxidation sites excluding steroid dienone is 1. The Hall–Kier alpha value is -2.68. The minimum Gasteiger partial charge on any atom is -0.422 e. The van der Waals surface area contributed by atoms with Gasteiger partial charge in [-0.1, -0.05) is 36.4 Å². The van der Waals surface area contributed by atoms with E-state index in [1.165, 1.54) is 0 Å². The van der Waals surface area contributed by atoms with Crippen molar-refractivity contribution in [3.05, 3.63) is 65.2 Å². The third kappa shape index (κ3) is 1.38. The Balaban J connectivity index is 1.99. The molecule has 2 aromatic rings. The number of aliphatic imine (C=N–C) groups is 1. The molecule has 0 aromatic heterocycles. The number of carbonyl (C=O) groups excluding carboxylic acids is 1. The van der Waals surface area contributed by atoms with E-state index in [1.54, 1.807) is 12.3 Å². The maximum Gasteiger partial charge on any atom is 0.344 e. The molecule has 0 spiro atoms. The number of hydrogen-bond donors (Lipinski definition) is 0. The number of para-hydroxylation sites is 1. The number of cyclic esters (lactones) is 1. The van der Waals surface area contributed by atoms with E-state index >= 15 is 0 Å². The summed E-state index contributed by atoms with van der Waals surface area (Å²) in [6.07, 6.45) is 1.76. The second kappa shape index (κ2) is 3.65. The fourth-order valence-electron chi connectivity index (χ4n) is 2.46. The lowest BCUT2D eigenvalue weighted by Gasteiger charge is -2.03. The van der Waals surface area contributed by atoms with Crippen LogP contribution < -0.4 is 0 Å². The Morgan fingerprint density at radius 1 is 0.842 bits per heavy atom. The highest BCUT2D eigenvalue weighted by Gasteiger charge is 2.30. The Morgan fingerprint density at radius 3 is 2.37 bits per heavy atom. The van der Waals surface area contributed by atoms with Crippen molar-refractivity contribution in [1.29, 1.82) is 0 Å². The van der Waals surface area contributed by atoms with Crippen molar-refractivity contribution in [1.82, 2.24) is 0 Å². The van der Waals surface area contributed by atoms with Gasteiger partial charge in [-0.3, -0.25) is 4.99 Å². The first-order valence-electron chi connectivity index (χ1n) is 6.04. The molecule has 2 aliphatic rings. The number of esters is 1. The average molecular weight is 247 g/mol. The van der Waals surface area contributed by atoms with Crippen LogP contribution in [0.1, 0.15) is 21.5 Å². The van der Waals surface area contributed by atoms with Crippen molar-refractivity contribution >= 4 is 29.2 Å². The van der Waals surface area contributed by atoms with Crippen LogP contribution in [0, 0.1) is 0 Å². The minimum absolute atomic E-state index is 0.295. The van der Waals surface area contributed by atoms with Gasteiger partial charge in [-0.15, -0.1) is 0 Å². The monoisotopic (exact) mass is 247 g/mol. The minimum atomic E-state index is -0.295. The molecule has 0 atom stereocenters.